The zero-order chi connectivity index (χ0) is 25.1. The number of halogens is 2. The Hall–Kier alpha value is -3.30. The topological polar surface area (TPSA) is 118 Å². The summed E-state index contributed by atoms with van der Waals surface area (Å²) in [5.74, 6) is -1.32. The molecular formula is C23H26Cl2N4O5. The highest BCUT2D eigenvalue weighted by Crippen LogP contribution is 2.28. The van der Waals surface area contributed by atoms with Crippen LogP contribution in [-0.4, -0.2) is 43.2 Å². The minimum absolute atomic E-state index is 0.117. The van der Waals surface area contributed by atoms with E-state index in [0.29, 0.717) is 45.8 Å². The Morgan fingerprint density at radius 3 is 2.35 bits per heavy atom. The van der Waals surface area contributed by atoms with Crippen molar-refractivity contribution >= 4 is 52.8 Å². The van der Waals surface area contributed by atoms with Crippen LogP contribution in [-0.2, 0) is 14.4 Å². The third-order valence-corrected chi connectivity index (χ3v) is 4.78. The Kier molecular flexibility index (Phi) is 10.6. The molecule has 3 N–H and O–H groups in total. The fourth-order valence-corrected chi connectivity index (χ4v) is 3.09. The van der Waals surface area contributed by atoms with E-state index in [-0.39, 0.29) is 12.6 Å². The lowest BCUT2D eigenvalue weighted by molar-refractivity contribution is -0.139. The minimum atomic E-state index is -0.867. The van der Waals surface area contributed by atoms with Gasteiger partial charge in [-0.15, -0.1) is 0 Å². The van der Waals surface area contributed by atoms with Crippen molar-refractivity contribution in [3.05, 3.63) is 52.0 Å². The molecular weight excluding hydrogens is 483 g/mol. The summed E-state index contributed by atoms with van der Waals surface area (Å²) >= 11 is 11.9. The lowest BCUT2D eigenvalue weighted by Gasteiger charge is -2.13. The largest absolute Gasteiger partial charge is 0.490 e. The molecule has 3 amide bonds. The average molecular weight is 509 g/mol. The molecule has 1 atom stereocenters. The molecule has 182 valence electrons. The van der Waals surface area contributed by atoms with Crippen molar-refractivity contribution in [2.75, 3.05) is 18.5 Å². The maximum Gasteiger partial charge on any atom is 0.329 e. The number of anilines is 1. The summed E-state index contributed by atoms with van der Waals surface area (Å²) in [6, 6.07) is 9.46. The van der Waals surface area contributed by atoms with Crippen molar-refractivity contribution < 1.29 is 23.9 Å². The zero-order valence-corrected chi connectivity index (χ0v) is 20.5. The molecule has 0 aliphatic heterocycles. The molecule has 11 heteroatoms. The fourth-order valence-electron chi connectivity index (χ4n) is 2.57. The average Bonchev–Trinajstić information content (AvgIpc) is 2.77. The number of amides is 3. The van der Waals surface area contributed by atoms with Crippen molar-refractivity contribution in [3.8, 4) is 11.5 Å². The number of carbonyl (C=O) groups is 3. The smallest absolute Gasteiger partial charge is 0.329 e. The quantitative estimate of drug-likeness (QED) is 0.256. The maximum atomic E-state index is 12.2. The second kappa shape index (κ2) is 13.4. The normalized spacial score (nSPS) is 11.6. The Morgan fingerprint density at radius 2 is 1.71 bits per heavy atom. The van der Waals surface area contributed by atoms with Crippen LogP contribution in [0.2, 0.25) is 10.0 Å². The molecule has 0 bridgehead atoms. The molecule has 0 aromatic heterocycles. The molecule has 0 radical (unpaired) electrons. The first kappa shape index (κ1) is 26.9. The van der Waals surface area contributed by atoms with Crippen molar-refractivity contribution in [1.29, 1.82) is 0 Å². The van der Waals surface area contributed by atoms with Gasteiger partial charge in [-0.25, -0.2) is 5.43 Å². The SMILES string of the molecule is CCOc1cc(/C=N\NC(=O)C(=O)N[C@@H](C)CC)ccc1OCC(=O)Nc1cc(Cl)cc(Cl)c1. The van der Waals surface area contributed by atoms with E-state index in [1.807, 2.05) is 6.92 Å². The highest BCUT2D eigenvalue weighted by atomic mass is 35.5. The van der Waals surface area contributed by atoms with Crippen LogP contribution < -0.4 is 25.5 Å². The zero-order valence-electron chi connectivity index (χ0n) is 19.0. The first-order valence-electron chi connectivity index (χ1n) is 10.5. The van der Waals surface area contributed by atoms with Crippen molar-refractivity contribution in [3.63, 3.8) is 0 Å². The number of ether oxygens (including phenoxy) is 2. The summed E-state index contributed by atoms with van der Waals surface area (Å²) in [7, 11) is 0. The molecule has 0 saturated carbocycles. The lowest BCUT2D eigenvalue weighted by atomic mass is 10.2. The van der Waals surface area contributed by atoms with E-state index in [9.17, 15) is 14.4 Å². The fraction of sp³-hybridized carbons (Fsp3) is 0.304. The predicted molar refractivity (Wildman–Crippen MR) is 132 cm³/mol. The van der Waals surface area contributed by atoms with Crippen LogP contribution in [0.25, 0.3) is 0 Å². The van der Waals surface area contributed by atoms with Gasteiger partial charge in [0.15, 0.2) is 18.1 Å². The third-order valence-electron chi connectivity index (χ3n) is 4.35. The van der Waals surface area contributed by atoms with Gasteiger partial charge >= 0.3 is 11.8 Å². The van der Waals surface area contributed by atoms with E-state index in [1.54, 1.807) is 50.2 Å². The van der Waals surface area contributed by atoms with Crippen LogP contribution in [0.1, 0.15) is 32.8 Å². The molecule has 0 saturated heterocycles. The molecule has 0 aliphatic carbocycles. The second-order valence-corrected chi connectivity index (χ2v) is 7.99. The van der Waals surface area contributed by atoms with E-state index in [4.69, 9.17) is 32.7 Å². The predicted octanol–water partition coefficient (Wildman–Crippen LogP) is 3.77. The van der Waals surface area contributed by atoms with Gasteiger partial charge < -0.3 is 20.1 Å². The van der Waals surface area contributed by atoms with Gasteiger partial charge in [0.25, 0.3) is 5.91 Å². The number of carbonyl (C=O) groups excluding carboxylic acids is 3. The summed E-state index contributed by atoms with van der Waals surface area (Å²) in [6.07, 6.45) is 2.06. The molecule has 0 spiro atoms. The van der Waals surface area contributed by atoms with E-state index in [1.165, 1.54) is 6.21 Å². The van der Waals surface area contributed by atoms with Gasteiger partial charge in [0.05, 0.1) is 12.8 Å². The lowest BCUT2D eigenvalue weighted by Crippen LogP contribution is -2.41. The van der Waals surface area contributed by atoms with Crippen LogP contribution >= 0.6 is 23.2 Å². The van der Waals surface area contributed by atoms with Crippen LogP contribution in [0.3, 0.4) is 0 Å². The van der Waals surface area contributed by atoms with Crippen LogP contribution in [0.4, 0.5) is 5.69 Å². The number of nitrogens with zero attached hydrogens (tertiary/aromatic N) is 1. The molecule has 0 heterocycles. The van der Waals surface area contributed by atoms with Crippen LogP contribution in [0.15, 0.2) is 41.5 Å². The summed E-state index contributed by atoms with van der Waals surface area (Å²) in [4.78, 5) is 35.8. The number of rotatable bonds is 10. The van der Waals surface area contributed by atoms with Gasteiger partial charge in [0.2, 0.25) is 0 Å². The number of benzene rings is 2. The number of hydrazone groups is 1. The van der Waals surface area contributed by atoms with Crippen molar-refractivity contribution in [1.82, 2.24) is 10.7 Å². The van der Waals surface area contributed by atoms with Gasteiger partial charge in [-0.05, 0) is 62.2 Å². The Morgan fingerprint density at radius 1 is 1.00 bits per heavy atom. The van der Waals surface area contributed by atoms with Gasteiger partial charge in [-0.2, -0.15) is 5.10 Å². The van der Waals surface area contributed by atoms with E-state index in [2.05, 4.69) is 21.2 Å². The summed E-state index contributed by atoms with van der Waals surface area (Å²) in [6.45, 7) is 5.57. The van der Waals surface area contributed by atoms with Crippen molar-refractivity contribution in [2.24, 2.45) is 5.10 Å². The monoisotopic (exact) mass is 508 g/mol. The van der Waals surface area contributed by atoms with Gasteiger partial charge in [0, 0.05) is 21.8 Å². The molecule has 0 unspecified atom stereocenters. The molecule has 0 aliphatic rings. The highest BCUT2D eigenvalue weighted by Gasteiger charge is 2.14. The summed E-state index contributed by atoms with van der Waals surface area (Å²) in [5, 5.41) is 9.78. The highest BCUT2D eigenvalue weighted by molar-refractivity contribution is 6.35. The van der Waals surface area contributed by atoms with Crippen LogP contribution in [0, 0.1) is 0 Å². The number of hydrogen-bond donors (Lipinski definition) is 3. The van der Waals surface area contributed by atoms with E-state index < -0.39 is 17.7 Å². The minimum Gasteiger partial charge on any atom is -0.490 e. The molecule has 0 fully saturated rings. The second-order valence-electron chi connectivity index (χ2n) is 7.12. The summed E-state index contributed by atoms with van der Waals surface area (Å²) < 4.78 is 11.2. The first-order valence-corrected chi connectivity index (χ1v) is 11.3. The molecule has 2 aromatic rings. The third kappa shape index (κ3) is 8.92. The first-order chi connectivity index (χ1) is 16.2. The van der Waals surface area contributed by atoms with Gasteiger partial charge in [-0.3, -0.25) is 14.4 Å². The maximum absolute atomic E-state index is 12.2. The molecule has 2 rings (SSSR count). The standard InChI is InChI=1S/C23H26Cl2N4O5/c1-4-14(3)27-22(31)23(32)29-26-12-15-6-7-19(20(8-15)33-5-2)34-13-21(30)28-18-10-16(24)9-17(25)11-18/h6-12,14H,4-5,13H2,1-3H3,(H,27,31)(H,28,30)(H,29,32)/b26-12-/t14-/m0/s1. The molecule has 34 heavy (non-hydrogen) atoms. The van der Waals surface area contributed by atoms with E-state index >= 15 is 0 Å². The van der Waals surface area contributed by atoms with E-state index in [0.717, 1.165) is 0 Å². The summed E-state index contributed by atoms with van der Waals surface area (Å²) in [5.41, 5.74) is 3.20. The molecule has 9 nitrogen and oxygen atoms in total. The Balaban J connectivity index is 1.97. The molecule has 2 aromatic carbocycles. The van der Waals surface area contributed by atoms with Crippen molar-refractivity contribution in [2.45, 2.75) is 33.2 Å². The van der Waals surface area contributed by atoms with Gasteiger partial charge in [0.1, 0.15) is 0 Å². The van der Waals surface area contributed by atoms with Gasteiger partial charge in [-0.1, -0.05) is 30.1 Å². The Labute approximate surface area is 207 Å². The number of hydrogen-bond acceptors (Lipinski definition) is 6. The van der Waals surface area contributed by atoms with Crippen LogP contribution in [0.5, 0.6) is 11.5 Å². The Bertz CT molecular complexity index is 1040. The number of nitrogens with one attached hydrogen (secondary N) is 3.